The van der Waals surface area contributed by atoms with Gasteiger partial charge in [-0.2, -0.15) is 4.31 Å². The molecule has 0 bridgehead atoms. The minimum absolute atomic E-state index is 0.0276. The first-order valence-electron chi connectivity index (χ1n) is 12.8. The van der Waals surface area contributed by atoms with Gasteiger partial charge in [-0.1, -0.05) is 0 Å². The van der Waals surface area contributed by atoms with Gasteiger partial charge >= 0.3 is 5.69 Å². The minimum Gasteiger partial charge on any atom is -0.443 e. The maximum absolute atomic E-state index is 13.6. The van der Waals surface area contributed by atoms with E-state index >= 15 is 0 Å². The molecule has 3 heterocycles. The second-order valence-corrected chi connectivity index (χ2v) is 11.9. The molecule has 2 aromatic heterocycles. The number of carbonyl (C=O) groups is 1. The number of ketones is 1. The summed E-state index contributed by atoms with van der Waals surface area (Å²) < 4.78 is 62.7. The second-order valence-electron chi connectivity index (χ2n) is 10.0. The van der Waals surface area contributed by atoms with Gasteiger partial charge in [-0.15, -0.1) is 0 Å². The average Bonchev–Trinajstić information content (AvgIpc) is 3.57. The summed E-state index contributed by atoms with van der Waals surface area (Å²) >= 11 is 0. The lowest BCUT2D eigenvalue weighted by molar-refractivity contribution is -0.122. The van der Waals surface area contributed by atoms with Gasteiger partial charge in [-0.25, -0.2) is 22.0 Å². The number of rotatable bonds is 8. The van der Waals surface area contributed by atoms with Gasteiger partial charge in [-0.05, 0) is 75.6 Å². The van der Waals surface area contributed by atoms with Crippen molar-refractivity contribution >= 4 is 26.8 Å². The van der Waals surface area contributed by atoms with Crippen LogP contribution in [0.3, 0.4) is 0 Å². The molecule has 1 atom stereocenters. The largest absolute Gasteiger partial charge is 0.443 e. The Bertz CT molecular complexity index is 1820. The molecule has 0 radical (unpaired) electrons. The number of hydrogen-bond acceptors (Lipinski definition) is 6. The van der Waals surface area contributed by atoms with E-state index in [0.29, 0.717) is 23.9 Å². The van der Waals surface area contributed by atoms with Crippen LogP contribution in [0.1, 0.15) is 44.7 Å². The first-order valence-corrected chi connectivity index (χ1v) is 14.3. The summed E-state index contributed by atoms with van der Waals surface area (Å²) in [5.41, 5.74) is -0.387. The van der Waals surface area contributed by atoms with Gasteiger partial charge in [0.1, 0.15) is 17.2 Å². The van der Waals surface area contributed by atoms with Crippen molar-refractivity contribution in [2.75, 3.05) is 6.54 Å². The van der Waals surface area contributed by atoms with Crippen LogP contribution in [0.15, 0.2) is 73.8 Å². The van der Waals surface area contributed by atoms with Crippen molar-refractivity contribution in [3.63, 3.8) is 0 Å². The third-order valence-corrected chi connectivity index (χ3v) is 8.81. The molecule has 1 fully saturated rings. The van der Waals surface area contributed by atoms with Crippen LogP contribution in [0.5, 0.6) is 0 Å². The topological polar surface area (TPSA) is 112 Å². The van der Waals surface area contributed by atoms with Crippen LogP contribution in [0.4, 0.5) is 8.78 Å². The van der Waals surface area contributed by atoms with E-state index < -0.39 is 45.0 Å². The molecule has 0 amide bonds. The van der Waals surface area contributed by atoms with Gasteiger partial charge in [-0.3, -0.25) is 18.7 Å². The second kappa shape index (κ2) is 10.6. The first-order chi connectivity index (χ1) is 19.0. The monoisotopic (exact) mass is 571 g/mol. The average molecular weight is 572 g/mol. The first kappa shape index (κ1) is 27.7. The summed E-state index contributed by atoms with van der Waals surface area (Å²) in [6.45, 7) is 3.47. The van der Waals surface area contributed by atoms with Crippen molar-refractivity contribution in [1.29, 1.82) is 0 Å². The zero-order valence-corrected chi connectivity index (χ0v) is 22.7. The fraction of sp³-hybridized carbons (Fsp3) is 0.321. The van der Waals surface area contributed by atoms with Crippen molar-refractivity contribution in [2.45, 2.75) is 56.7 Å². The Kier molecular flexibility index (Phi) is 7.32. The lowest BCUT2D eigenvalue weighted by atomic mass is 10.0. The number of halogens is 2. The van der Waals surface area contributed by atoms with Crippen molar-refractivity contribution in [3.05, 3.63) is 92.8 Å². The lowest BCUT2D eigenvalue weighted by Gasteiger charge is -2.22. The van der Waals surface area contributed by atoms with Crippen LogP contribution in [0, 0.1) is 11.6 Å². The molecule has 0 saturated carbocycles. The van der Waals surface area contributed by atoms with Gasteiger partial charge in [0.15, 0.2) is 5.78 Å². The molecular weight excluding hydrogens is 544 g/mol. The number of benzene rings is 2. The normalized spacial score (nSPS) is 16.3. The van der Waals surface area contributed by atoms with Gasteiger partial charge in [0.2, 0.25) is 5.09 Å². The Labute approximate surface area is 228 Å². The molecule has 1 aliphatic heterocycles. The molecule has 0 aliphatic carbocycles. The summed E-state index contributed by atoms with van der Waals surface area (Å²) in [5, 5.41) is -0.0858. The zero-order valence-electron chi connectivity index (χ0n) is 21.8. The van der Waals surface area contributed by atoms with Crippen LogP contribution in [0.2, 0.25) is 0 Å². The quantitative estimate of drug-likeness (QED) is 0.317. The highest BCUT2D eigenvalue weighted by Gasteiger charge is 2.40. The Morgan fingerprint density at radius 1 is 1.05 bits per heavy atom. The standard InChI is InChI=1S/C28H27F2N3O6S/c1-17(2)33-27(35)18(16-31(28(33)36)22-9-6-20(29)7-10-22)5-11-24(34)23-4-3-13-32(23)40(37,38)26-15-19-14-21(30)8-12-25(19)39-26/h6-10,12,14-17,23H,3-5,11,13H2,1-2H3/t23-/m0/s1. The number of sulfonamides is 1. The highest BCUT2D eigenvalue weighted by atomic mass is 32.2. The van der Waals surface area contributed by atoms with E-state index in [-0.39, 0.29) is 41.4 Å². The molecular formula is C28H27F2N3O6S. The van der Waals surface area contributed by atoms with Crippen LogP contribution in [-0.4, -0.2) is 40.2 Å². The van der Waals surface area contributed by atoms with Gasteiger partial charge in [0.05, 0.1) is 11.7 Å². The third-order valence-electron chi connectivity index (χ3n) is 7.05. The van der Waals surface area contributed by atoms with Crippen molar-refractivity contribution < 1.29 is 26.4 Å². The fourth-order valence-corrected chi connectivity index (χ4v) is 6.67. The molecule has 1 saturated heterocycles. The number of fused-ring (bicyclic) bond motifs is 1. The van der Waals surface area contributed by atoms with E-state index in [1.165, 1.54) is 53.2 Å². The summed E-state index contributed by atoms with van der Waals surface area (Å²) in [5.74, 6) is -1.39. The summed E-state index contributed by atoms with van der Waals surface area (Å²) in [6.07, 6.45) is 1.94. The highest BCUT2D eigenvalue weighted by molar-refractivity contribution is 7.89. The molecule has 2 aromatic carbocycles. The van der Waals surface area contributed by atoms with Crippen molar-refractivity contribution in [1.82, 2.24) is 13.4 Å². The summed E-state index contributed by atoms with van der Waals surface area (Å²) in [4.78, 5) is 39.5. The number of hydrogen-bond donors (Lipinski definition) is 0. The number of aryl methyl sites for hydroxylation is 1. The smallest absolute Gasteiger partial charge is 0.335 e. The number of furan rings is 1. The van der Waals surface area contributed by atoms with E-state index in [2.05, 4.69) is 0 Å². The number of aromatic nitrogens is 2. The maximum atomic E-state index is 13.6. The summed E-state index contributed by atoms with van der Waals surface area (Å²) in [6, 6.07) is 8.69. The molecule has 9 nitrogen and oxygen atoms in total. The van der Waals surface area contributed by atoms with Crippen LogP contribution in [-0.2, 0) is 21.2 Å². The Hall–Kier alpha value is -3.90. The van der Waals surface area contributed by atoms with Crippen LogP contribution >= 0.6 is 0 Å². The molecule has 4 aromatic rings. The van der Waals surface area contributed by atoms with Crippen molar-refractivity contribution in [2.24, 2.45) is 0 Å². The molecule has 0 spiro atoms. The van der Waals surface area contributed by atoms with E-state index in [4.69, 9.17) is 4.42 Å². The molecule has 210 valence electrons. The SMILES string of the molecule is CC(C)n1c(=O)c(CCC(=O)[C@@H]2CCCN2S(=O)(=O)c2cc3cc(F)ccc3o2)cn(-c2ccc(F)cc2)c1=O. The van der Waals surface area contributed by atoms with E-state index in [1.807, 2.05) is 0 Å². The zero-order chi connectivity index (χ0) is 28.8. The molecule has 5 rings (SSSR count). The molecule has 0 unspecified atom stereocenters. The fourth-order valence-electron chi connectivity index (χ4n) is 5.04. The minimum atomic E-state index is -4.19. The Balaban J connectivity index is 1.41. The number of Topliss-reactive ketones (excluding diaryl/α,β-unsaturated/α-hetero) is 1. The predicted octanol–water partition coefficient (Wildman–Crippen LogP) is 3.96. The Morgan fingerprint density at radius 3 is 2.45 bits per heavy atom. The van der Waals surface area contributed by atoms with Crippen LogP contribution in [0.25, 0.3) is 16.7 Å². The van der Waals surface area contributed by atoms with Gasteiger partial charge < -0.3 is 4.42 Å². The molecule has 1 aliphatic rings. The van der Waals surface area contributed by atoms with Gasteiger partial charge in [0, 0.05) is 42.2 Å². The highest BCUT2D eigenvalue weighted by Crippen LogP contribution is 2.31. The van der Waals surface area contributed by atoms with Crippen molar-refractivity contribution in [3.8, 4) is 5.69 Å². The lowest BCUT2D eigenvalue weighted by Crippen LogP contribution is -2.42. The third kappa shape index (κ3) is 5.04. The van der Waals surface area contributed by atoms with Crippen LogP contribution < -0.4 is 11.2 Å². The maximum Gasteiger partial charge on any atom is 0.335 e. The summed E-state index contributed by atoms with van der Waals surface area (Å²) in [7, 11) is -4.19. The van der Waals surface area contributed by atoms with E-state index in [9.17, 15) is 31.6 Å². The number of carbonyl (C=O) groups excluding carboxylic acids is 1. The van der Waals surface area contributed by atoms with Gasteiger partial charge in [0.25, 0.3) is 15.6 Å². The number of nitrogens with zero attached hydrogens (tertiary/aromatic N) is 3. The molecule has 0 N–H and O–H groups in total. The Morgan fingerprint density at radius 2 is 1.75 bits per heavy atom. The molecule has 40 heavy (non-hydrogen) atoms. The molecule has 12 heteroatoms. The van der Waals surface area contributed by atoms with E-state index in [1.54, 1.807) is 13.8 Å². The van der Waals surface area contributed by atoms with E-state index in [0.717, 1.165) is 14.9 Å². The predicted molar refractivity (Wildman–Crippen MR) is 143 cm³/mol.